The van der Waals surface area contributed by atoms with Crippen molar-refractivity contribution in [3.8, 4) is 0 Å². The zero-order valence-electron chi connectivity index (χ0n) is 15.3. The van der Waals surface area contributed by atoms with Crippen LogP contribution in [0.3, 0.4) is 0 Å². The highest BCUT2D eigenvalue weighted by Gasteiger charge is 2.13. The fraction of sp³-hybridized carbons (Fsp3) is 0.0476. The zero-order valence-corrected chi connectivity index (χ0v) is 15.3. The Balaban J connectivity index is 1.56. The van der Waals surface area contributed by atoms with Gasteiger partial charge in [-0.1, -0.05) is 36.4 Å². The van der Waals surface area contributed by atoms with Crippen LogP contribution < -0.4 is 16.0 Å². The number of nitrogens with zero attached hydrogens (tertiary/aromatic N) is 1. The van der Waals surface area contributed by atoms with Gasteiger partial charge < -0.3 is 16.0 Å². The molecule has 0 aromatic heterocycles. The van der Waals surface area contributed by atoms with Crippen LogP contribution in [-0.2, 0) is 6.54 Å². The van der Waals surface area contributed by atoms with Crippen LogP contribution >= 0.6 is 0 Å². The maximum absolute atomic E-state index is 12.3. The fourth-order valence-electron chi connectivity index (χ4n) is 2.64. The Morgan fingerprint density at radius 2 is 1.38 bits per heavy atom. The minimum atomic E-state index is -0.484. The summed E-state index contributed by atoms with van der Waals surface area (Å²) in [5, 5.41) is 19.1. The van der Waals surface area contributed by atoms with Crippen molar-refractivity contribution < 1.29 is 14.5 Å². The van der Waals surface area contributed by atoms with Crippen LogP contribution in [0, 0.1) is 10.1 Å². The summed E-state index contributed by atoms with van der Waals surface area (Å²) in [5.74, 6) is -0.372. The summed E-state index contributed by atoms with van der Waals surface area (Å²) in [6.45, 7) is 0.0372. The molecular formula is C21H18N4O4. The van der Waals surface area contributed by atoms with Gasteiger partial charge in [0.1, 0.15) is 0 Å². The van der Waals surface area contributed by atoms with Gasteiger partial charge in [-0.2, -0.15) is 0 Å². The van der Waals surface area contributed by atoms with E-state index in [-0.39, 0.29) is 18.1 Å². The molecule has 146 valence electrons. The van der Waals surface area contributed by atoms with E-state index in [0.29, 0.717) is 22.5 Å². The molecule has 3 aromatic carbocycles. The number of hydrogen-bond acceptors (Lipinski definition) is 4. The summed E-state index contributed by atoms with van der Waals surface area (Å²) in [7, 11) is 0. The minimum Gasteiger partial charge on any atom is -0.348 e. The first-order chi connectivity index (χ1) is 14.0. The molecule has 0 aliphatic carbocycles. The number of amides is 3. The second-order valence-corrected chi connectivity index (χ2v) is 6.09. The van der Waals surface area contributed by atoms with E-state index >= 15 is 0 Å². The molecule has 0 spiro atoms. The number of anilines is 2. The number of hydrogen-bond donors (Lipinski definition) is 3. The molecule has 3 aromatic rings. The maximum Gasteiger partial charge on any atom is 0.323 e. The number of rotatable bonds is 6. The third-order valence-electron chi connectivity index (χ3n) is 4.06. The molecule has 0 heterocycles. The molecule has 8 heteroatoms. The fourth-order valence-corrected chi connectivity index (χ4v) is 2.64. The van der Waals surface area contributed by atoms with Crippen molar-refractivity contribution in [1.82, 2.24) is 5.32 Å². The first kappa shape index (κ1) is 19.6. The van der Waals surface area contributed by atoms with Crippen molar-refractivity contribution in [1.29, 1.82) is 0 Å². The number of nitro benzene ring substituents is 1. The van der Waals surface area contributed by atoms with Crippen molar-refractivity contribution in [2.75, 3.05) is 10.6 Å². The smallest absolute Gasteiger partial charge is 0.323 e. The Morgan fingerprint density at radius 3 is 2.03 bits per heavy atom. The third kappa shape index (κ3) is 5.39. The minimum absolute atomic E-state index is 0.0372. The average molecular weight is 390 g/mol. The van der Waals surface area contributed by atoms with Gasteiger partial charge in [-0.15, -0.1) is 0 Å². The van der Waals surface area contributed by atoms with Gasteiger partial charge >= 0.3 is 6.03 Å². The molecule has 0 fully saturated rings. The number of nitrogens with one attached hydrogen (secondary N) is 3. The third-order valence-corrected chi connectivity index (χ3v) is 4.06. The van der Waals surface area contributed by atoms with Crippen LogP contribution in [0.1, 0.15) is 15.9 Å². The molecule has 29 heavy (non-hydrogen) atoms. The molecule has 0 bridgehead atoms. The molecule has 0 saturated carbocycles. The number of urea groups is 1. The average Bonchev–Trinajstić information content (AvgIpc) is 2.73. The summed E-state index contributed by atoms with van der Waals surface area (Å²) in [6, 6.07) is 21.2. The maximum atomic E-state index is 12.3. The lowest BCUT2D eigenvalue weighted by molar-refractivity contribution is -0.385. The summed E-state index contributed by atoms with van der Waals surface area (Å²) < 4.78 is 0. The van der Waals surface area contributed by atoms with Crippen molar-refractivity contribution in [2.45, 2.75) is 6.54 Å². The Labute approximate surface area is 166 Å². The molecule has 8 nitrogen and oxygen atoms in total. The highest BCUT2D eigenvalue weighted by Crippen LogP contribution is 2.17. The Morgan fingerprint density at radius 1 is 0.793 bits per heavy atom. The van der Waals surface area contributed by atoms with Gasteiger partial charge in [-0.25, -0.2) is 4.79 Å². The number of para-hydroxylation sites is 2. The van der Waals surface area contributed by atoms with Crippen molar-refractivity contribution in [3.05, 3.63) is 100 Å². The van der Waals surface area contributed by atoms with E-state index in [9.17, 15) is 19.7 Å². The molecule has 0 aliphatic rings. The summed E-state index contributed by atoms with van der Waals surface area (Å²) in [6.07, 6.45) is 0. The van der Waals surface area contributed by atoms with Crippen molar-refractivity contribution in [2.24, 2.45) is 0 Å². The lowest BCUT2D eigenvalue weighted by Crippen LogP contribution is -2.23. The molecule has 0 saturated heterocycles. The largest absolute Gasteiger partial charge is 0.348 e. The lowest BCUT2D eigenvalue weighted by atomic mass is 10.1. The predicted octanol–water partition coefficient (Wildman–Crippen LogP) is 4.17. The van der Waals surface area contributed by atoms with Crippen LogP contribution in [0.15, 0.2) is 78.9 Å². The van der Waals surface area contributed by atoms with E-state index in [1.807, 2.05) is 18.2 Å². The Bertz CT molecular complexity index is 1020. The number of carbonyl (C=O) groups is 2. The quantitative estimate of drug-likeness (QED) is 0.433. The van der Waals surface area contributed by atoms with Crippen molar-refractivity contribution >= 4 is 29.0 Å². The molecule has 0 aliphatic heterocycles. The van der Waals surface area contributed by atoms with E-state index in [1.54, 1.807) is 54.6 Å². The normalized spacial score (nSPS) is 10.1. The number of benzene rings is 3. The Kier molecular flexibility index (Phi) is 6.16. The summed E-state index contributed by atoms with van der Waals surface area (Å²) >= 11 is 0. The van der Waals surface area contributed by atoms with E-state index < -0.39 is 11.0 Å². The zero-order chi connectivity index (χ0) is 20.6. The van der Waals surface area contributed by atoms with Crippen LogP contribution in [0.25, 0.3) is 0 Å². The topological polar surface area (TPSA) is 113 Å². The monoisotopic (exact) mass is 390 g/mol. The lowest BCUT2D eigenvalue weighted by Gasteiger charge is -2.09. The molecule has 3 rings (SSSR count). The van der Waals surface area contributed by atoms with Gasteiger partial charge in [0.25, 0.3) is 11.6 Å². The van der Waals surface area contributed by atoms with Crippen LogP contribution in [-0.4, -0.2) is 16.9 Å². The van der Waals surface area contributed by atoms with Gasteiger partial charge in [0, 0.05) is 35.1 Å². The van der Waals surface area contributed by atoms with Crippen molar-refractivity contribution in [3.63, 3.8) is 0 Å². The second-order valence-electron chi connectivity index (χ2n) is 6.09. The van der Waals surface area contributed by atoms with Gasteiger partial charge in [0.2, 0.25) is 0 Å². The Hall–Kier alpha value is -4.20. The predicted molar refractivity (Wildman–Crippen MR) is 110 cm³/mol. The molecule has 0 unspecified atom stereocenters. The highest BCUT2D eigenvalue weighted by molar-refractivity contribution is 6.00. The van der Waals surface area contributed by atoms with Gasteiger partial charge in [0.15, 0.2) is 0 Å². The molecule has 0 radical (unpaired) electrons. The van der Waals surface area contributed by atoms with E-state index in [2.05, 4.69) is 16.0 Å². The SMILES string of the molecule is O=C(Nc1ccccc1)Nc1ccc(C(=O)NCc2ccccc2[N+](=O)[O-])cc1. The second kappa shape index (κ2) is 9.14. The number of carbonyl (C=O) groups excluding carboxylic acids is 2. The van der Waals surface area contributed by atoms with E-state index in [1.165, 1.54) is 6.07 Å². The first-order valence-corrected chi connectivity index (χ1v) is 8.76. The van der Waals surface area contributed by atoms with Crippen LogP contribution in [0.5, 0.6) is 0 Å². The van der Waals surface area contributed by atoms with Gasteiger partial charge in [0.05, 0.1) is 4.92 Å². The number of nitro groups is 1. The van der Waals surface area contributed by atoms with E-state index in [4.69, 9.17) is 0 Å². The highest BCUT2D eigenvalue weighted by atomic mass is 16.6. The molecule has 3 N–H and O–H groups in total. The van der Waals surface area contributed by atoms with Crippen LogP contribution in [0.2, 0.25) is 0 Å². The van der Waals surface area contributed by atoms with Gasteiger partial charge in [-0.3, -0.25) is 14.9 Å². The molecule has 0 atom stereocenters. The molecule has 3 amide bonds. The summed E-state index contributed by atoms with van der Waals surface area (Å²) in [4.78, 5) is 34.8. The van der Waals surface area contributed by atoms with E-state index in [0.717, 1.165) is 0 Å². The standard InChI is InChI=1S/C21H18N4O4/c26-20(22-14-16-6-4-5-9-19(16)25(28)29)15-10-12-18(13-11-15)24-21(27)23-17-7-2-1-3-8-17/h1-13H,14H2,(H,22,26)(H2,23,24,27). The van der Waals surface area contributed by atoms with Gasteiger partial charge in [-0.05, 0) is 36.4 Å². The van der Waals surface area contributed by atoms with Crippen LogP contribution in [0.4, 0.5) is 21.9 Å². The molecular weight excluding hydrogens is 372 g/mol. The summed E-state index contributed by atoms with van der Waals surface area (Å²) in [5.41, 5.74) is 1.93. The first-order valence-electron chi connectivity index (χ1n) is 8.76.